The van der Waals surface area contributed by atoms with Gasteiger partial charge in [-0.3, -0.25) is 4.98 Å². The van der Waals surface area contributed by atoms with Gasteiger partial charge in [0.15, 0.2) is 17.3 Å². The van der Waals surface area contributed by atoms with Gasteiger partial charge in [0, 0.05) is 18.0 Å². The largest absolute Gasteiger partial charge is 0.503 e. The molecule has 122 valence electrons. The van der Waals surface area contributed by atoms with Crippen LogP contribution in [0.25, 0.3) is 11.4 Å². The van der Waals surface area contributed by atoms with Crippen molar-refractivity contribution in [2.75, 3.05) is 7.11 Å². The molecule has 0 saturated heterocycles. The third-order valence-corrected chi connectivity index (χ3v) is 4.03. The van der Waals surface area contributed by atoms with Gasteiger partial charge in [0.25, 0.3) is 0 Å². The Morgan fingerprint density at radius 3 is 3.00 bits per heavy atom. The number of aromatic amines is 1. The van der Waals surface area contributed by atoms with E-state index in [0.717, 1.165) is 11.1 Å². The Kier molecular flexibility index (Phi) is 4.72. The van der Waals surface area contributed by atoms with Crippen LogP contribution in [0.5, 0.6) is 11.5 Å². The van der Waals surface area contributed by atoms with E-state index >= 15 is 0 Å². The van der Waals surface area contributed by atoms with Gasteiger partial charge in [0.1, 0.15) is 0 Å². The zero-order chi connectivity index (χ0) is 17.1. The van der Waals surface area contributed by atoms with Crippen molar-refractivity contribution in [3.05, 3.63) is 51.5 Å². The summed E-state index contributed by atoms with van der Waals surface area (Å²) in [7, 11) is 1.48. The Morgan fingerprint density at radius 1 is 1.46 bits per heavy atom. The van der Waals surface area contributed by atoms with E-state index in [0.29, 0.717) is 20.8 Å². The van der Waals surface area contributed by atoms with E-state index in [9.17, 15) is 5.11 Å². The smallest absolute Gasteiger partial charge is 0.216 e. The summed E-state index contributed by atoms with van der Waals surface area (Å²) in [6, 6.07) is 7.05. The van der Waals surface area contributed by atoms with Crippen LogP contribution in [0.4, 0.5) is 0 Å². The maximum atomic E-state index is 9.85. The zero-order valence-electron chi connectivity index (χ0n) is 12.5. The number of methoxy groups -OCH3 is 1. The molecule has 0 aliphatic rings. The number of halogens is 1. The van der Waals surface area contributed by atoms with Crippen molar-refractivity contribution in [2.24, 2.45) is 5.10 Å². The van der Waals surface area contributed by atoms with Gasteiger partial charge in [-0.05, 0) is 58.0 Å². The molecule has 0 fully saturated rings. The highest BCUT2D eigenvalue weighted by atomic mass is 79.9. The summed E-state index contributed by atoms with van der Waals surface area (Å²) in [6.07, 6.45) is 4.95. The van der Waals surface area contributed by atoms with Crippen LogP contribution in [0.2, 0.25) is 0 Å². The number of pyridine rings is 1. The Balaban J connectivity index is 2.01. The van der Waals surface area contributed by atoms with Crippen LogP contribution >= 0.6 is 28.1 Å². The highest BCUT2D eigenvalue weighted by molar-refractivity contribution is 9.10. The van der Waals surface area contributed by atoms with Gasteiger partial charge in [-0.2, -0.15) is 14.9 Å². The number of nitrogens with zero attached hydrogens (tertiary/aromatic N) is 4. The van der Waals surface area contributed by atoms with Crippen LogP contribution in [0.3, 0.4) is 0 Å². The van der Waals surface area contributed by atoms with Gasteiger partial charge >= 0.3 is 0 Å². The number of benzene rings is 1. The first-order valence-electron chi connectivity index (χ1n) is 6.79. The molecule has 2 aromatic heterocycles. The number of H-pyrrole nitrogens is 1. The lowest BCUT2D eigenvalue weighted by molar-refractivity contribution is 0.372. The van der Waals surface area contributed by atoms with E-state index in [2.05, 4.69) is 36.2 Å². The number of phenols is 1. The summed E-state index contributed by atoms with van der Waals surface area (Å²) in [5, 5.41) is 21.1. The Bertz CT molecular complexity index is 952. The van der Waals surface area contributed by atoms with Crippen molar-refractivity contribution in [3.8, 4) is 22.9 Å². The number of aromatic hydroxyl groups is 1. The van der Waals surface area contributed by atoms with Crippen LogP contribution in [-0.2, 0) is 0 Å². The zero-order valence-corrected chi connectivity index (χ0v) is 14.9. The van der Waals surface area contributed by atoms with Crippen molar-refractivity contribution < 1.29 is 9.84 Å². The van der Waals surface area contributed by atoms with E-state index in [4.69, 9.17) is 17.0 Å². The summed E-state index contributed by atoms with van der Waals surface area (Å²) in [4.78, 5) is 4.07. The molecule has 2 heterocycles. The van der Waals surface area contributed by atoms with Crippen molar-refractivity contribution in [1.29, 1.82) is 0 Å². The van der Waals surface area contributed by atoms with Crippen LogP contribution in [-0.4, -0.2) is 38.3 Å². The molecule has 7 nitrogen and oxygen atoms in total. The lowest BCUT2D eigenvalue weighted by atomic mass is 10.2. The molecule has 0 spiro atoms. The van der Waals surface area contributed by atoms with E-state index < -0.39 is 0 Å². The Hall–Kier alpha value is -2.52. The lowest BCUT2D eigenvalue weighted by Crippen LogP contribution is -1.96. The lowest BCUT2D eigenvalue weighted by Gasteiger charge is -2.06. The maximum Gasteiger partial charge on any atom is 0.216 e. The second-order valence-corrected chi connectivity index (χ2v) is 5.95. The molecule has 9 heteroatoms. The number of rotatable bonds is 4. The second-order valence-electron chi connectivity index (χ2n) is 4.70. The predicted octanol–water partition coefficient (Wildman–Crippen LogP) is 3.36. The third-order valence-electron chi connectivity index (χ3n) is 3.16. The van der Waals surface area contributed by atoms with Crippen molar-refractivity contribution in [1.82, 2.24) is 19.9 Å². The summed E-state index contributed by atoms with van der Waals surface area (Å²) in [5.41, 5.74) is 1.50. The van der Waals surface area contributed by atoms with Crippen LogP contribution in [0.1, 0.15) is 5.56 Å². The second kappa shape index (κ2) is 6.93. The average molecular weight is 406 g/mol. The monoisotopic (exact) mass is 405 g/mol. The molecule has 3 rings (SSSR count). The highest BCUT2D eigenvalue weighted by Crippen LogP contribution is 2.34. The van der Waals surface area contributed by atoms with Gasteiger partial charge in [0.05, 0.1) is 17.8 Å². The summed E-state index contributed by atoms with van der Waals surface area (Å²) >= 11 is 8.50. The molecule has 24 heavy (non-hydrogen) atoms. The molecule has 0 amide bonds. The molecule has 0 aliphatic heterocycles. The number of hydrogen-bond acceptors (Lipinski definition) is 6. The molecule has 0 unspecified atom stereocenters. The van der Waals surface area contributed by atoms with Crippen molar-refractivity contribution in [2.45, 2.75) is 0 Å². The molecule has 2 N–H and O–H groups in total. The first-order chi connectivity index (χ1) is 11.6. The van der Waals surface area contributed by atoms with Crippen LogP contribution in [0.15, 0.2) is 46.2 Å². The normalized spacial score (nSPS) is 11.1. The minimum absolute atomic E-state index is 0.0330. The van der Waals surface area contributed by atoms with E-state index in [1.165, 1.54) is 11.8 Å². The molecule has 0 atom stereocenters. The van der Waals surface area contributed by atoms with Crippen LogP contribution < -0.4 is 4.74 Å². The SMILES string of the molecule is COc1cc(/C=N\n2c(-c3cccnc3)n[nH]c2=S)cc(Br)c1O. The number of aromatic nitrogens is 4. The number of hydrogen-bond donors (Lipinski definition) is 2. The molecule has 0 aliphatic carbocycles. The van der Waals surface area contributed by atoms with Gasteiger partial charge in [-0.1, -0.05) is 0 Å². The first kappa shape index (κ1) is 16.3. The van der Waals surface area contributed by atoms with Crippen molar-refractivity contribution in [3.63, 3.8) is 0 Å². The summed E-state index contributed by atoms with van der Waals surface area (Å²) in [5.74, 6) is 0.925. The van der Waals surface area contributed by atoms with E-state index in [-0.39, 0.29) is 5.75 Å². The number of nitrogens with one attached hydrogen (secondary N) is 1. The fraction of sp³-hybridized carbons (Fsp3) is 0.0667. The predicted molar refractivity (Wildman–Crippen MR) is 96.0 cm³/mol. The van der Waals surface area contributed by atoms with Gasteiger partial charge < -0.3 is 9.84 Å². The molecule has 0 saturated carbocycles. The third kappa shape index (κ3) is 3.22. The fourth-order valence-electron chi connectivity index (χ4n) is 2.03. The molecular formula is C15H12BrN5O2S. The quantitative estimate of drug-likeness (QED) is 0.513. The number of phenolic OH excluding ortho intramolecular Hbond substituents is 1. The average Bonchev–Trinajstić information content (AvgIpc) is 2.97. The minimum Gasteiger partial charge on any atom is -0.503 e. The Morgan fingerprint density at radius 2 is 2.29 bits per heavy atom. The van der Waals surface area contributed by atoms with E-state index in [1.54, 1.807) is 30.7 Å². The highest BCUT2D eigenvalue weighted by Gasteiger charge is 2.09. The topological polar surface area (TPSA) is 88.3 Å². The fourth-order valence-corrected chi connectivity index (χ4v) is 2.67. The molecular weight excluding hydrogens is 394 g/mol. The molecule has 3 aromatic rings. The minimum atomic E-state index is 0.0330. The number of ether oxygens (including phenoxy) is 1. The van der Waals surface area contributed by atoms with E-state index in [1.807, 2.05) is 12.1 Å². The summed E-state index contributed by atoms with van der Waals surface area (Å²) in [6.45, 7) is 0. The van der Waals surface area contributed by atoms with Crippen LogP contribution in [0, 0.1) is 4.77 Å². The maximum absolute atomic E-state index is 9.85. The molecule has 0 bridgehead atoms. The molecule has 1 aromatic carbocycles. The first-order valence-corrected chi connectivity index (χ1v) is 7.99. The Labute approximate surface area is 150 Å². The van der Waals surface area contributed by atoms with Gasteiger partial charge in [-0.25, -0.2) is 5.10 Å². The standard InChI is InChI=1S/C15H12BrN5O2S/c1-23-12-6-9(5-11(16)13(12)22)7-18-21-14(19-20-15(21)24)10-3-2-4-17-8-10/h2-8,22H,1H3,(H,20,24)/b18-7-. The van der Waals surface area contributed by atoms with Crippen molar-refractivity contribution >= 4 is 34.4 Å². The van der Waals surface area contributed by atoms with Gasteiger partial charge in [-0.15, -0.1) is 0 Å². The summed E-state index contributed by atoms with van der Waals surface area (Å²) < 4.78 is 7.49. The molecule has 0 radical (unpaired) electrons. The van der Waals surface area contributed by atoms with Gasteiger partial charge in [0.2, 0.25) is 4.77 Å².